The number of aromatic nitrogens is 2. The Balaban J connectivity index is 2.07. The van der Waals surface area contributed by atoms with E-state index >= 15 is 0 Å². The first-order chi connectivity index (χ1) is 8.91. The molecule has 1 saturated carbocycles. The predicted octanol–water partition coefficient (Wildman–Crippen LogP) is 2.65. The van der Waals surface area contributed by atoms with Crippen molar-refractivity contribution in [2.45, 2.75) is 32.7 Å². The summed E-state index contributed by atoms with van der Waals surface area (Å²) in [5, 5.41) is 4.77. The summed E-state index contributed by atoms with van der Waals surface area (Å²) in [6, 6.07) is 0.308. The van der Waals surface area contributed by atoms with Gasteiger partial charge in [0.1, 0.15) is 5.15 Å². The van der Waals surface area contributed by atoms with Gasteiger partial charge in [-0.15, -0.1) is 0 Å². The molecule has 19 heavy (non-hydrogen) atoms. The quantitative estimate of drug-likeness (QED) is 0.796. The molecule has 1 aromatic rings. The second-order valence-electron chi connectivity index (χ2n) is 5.27. The van der Waals surface area contributed by atoms with Crippen LogP contribution in [0, 0.1) is 12.8 Å². The summed E-state index contributed by atoms with van der Waals surface area (Å²) < 4.78 is 1.61. The van der Waals surface area contributed by atoms with Crippen molar-refractivity contribution >= 4 is 23.6 Å². The first-order valence-electron chi connectivity index (χ1n) is 6.55. The Morgan fingerprint density at radius 3 is 2.68 bits per heavy atom. The van der Waals surface area contributed by atoms with Crippen LogP contribution in [0.15, 0.2) is 6.08 Å². The third-order valence-corrected chi connectivity index (χ3v) is 4.30. The van der Waals surface area contributed by atoms with Crippen LogP contribution in [0.4, 0.5) is 0 Å². The van der Waals surface area contributed by atoms with Gasteiger partial charge < -0.3 is 4.90 Å². The fourth-order valence-electron chi connectivity index (χ4n) is 2.20. The van der Waals surface area contributed by atoms with Crippen molar-refractivity contribution in [3.05, 3.63) is 22.5 Å². The normalized spacial score (nSPS) is 16.9. The Kier molecular flexibility index (Phi) is 3.99. The predicted molar refractivity (Wildman–Crippen MR) is 76.9 cm³/mol. The van der Waals surface area contributed by atoms with E-state index in [0.717, 1.165) is 11.3 Å². The van der Waals surface area contributed by atoms with E-state index in [9.17, 15) is 4.79 Å². The lowest BCUT2D eigenvalue weighted by Gasteiger charge is -2.23. The molecule has 4 nitrogen and oxygen atoms in total. The number of nitrogens with zero attached hydrogens (tertiary/aromatic N) is 3. The molecule has 1 heterocycles. The molecule has 104 valence electrons. The van der Waals surface area contributed by atoms with Gasteiger partial charge in [-0.3, -0.25) is 9.48 Å². The molecule has 0 aromatic carbocycles. The first-order valence-corrected chi connectivity index (χ1v) is 6.93. The maximum Gasteiger partial charge on any atom is 0.246 e. The average Bonchev–Trinajstić information content (AvgIpc) is 3.17. The molecule has 1 aliphatic rings. The van der Waals surface area contributed by atoms with Crippen LogP contribution in [0.1, 0.15) is 31.0 Å². The largest absolute Gasteiger partial charge is 0.339 e. The van der Waals surface area contributed by atoms with Crippen LogP contribution in [0.2, 0.25) is 5.15 Å². The molecule has 1 amide bonds. The van der Waals surface area contributed by atoms with Gasteiger partial charge in [0.25, 0.3) is 0 Å². The standard InChI is InChI=1S/C14H20ClN3O/c1-9-12(14(15)18(4)16-9)7-8-13(19)17(3)10(2)11-5-6-11/h7-8,10-11H,5-6H2,1-4H3/b8-7+. The zero-order chi connectivity index (χ0) is 14.2. The summed E-state index contributed by atoms with van der Waals surface area (Å²) in [5.74, 6) is 0.685. The van der Waals surface area contributed by atoms with Gasteiger partial charge in [-0.1, -0.05) is 11.6 Å². The molecule has 0 spiro atoms. The minimum Gasteiger partial charge on any atom is -0.339 e. The molecule has 0 saturated heterocycles. The monoisotopic (exact) mass is 281 g/mol. The fourth-order valence-corrected chi connectivity index (χ4v) is 2.44. The van der Waals surface area contributed by atoms with Crippen molar-refractivity contribution in [1.82, 2.24) is 14.7 Å². The molecular weight excluding hydrogens is 262 g/mol. The molecule has 1 unspecified atom stereocenters. The molecule has 0 N–H and O–H groups in total. The highest BCUT2D eigenvalue weighted by molar-refractivity contribution is 6.31. The third kappa shape index (κ3) is 3.00. The number of likely N-dealkylation sites (N-methyl/N-ethyl adjacent to an activating group) is 1. The Labute approximate surface area is 119 Å². The van der Waals surface area contributed by atoms with E-state index in [-0.39, 0.29) is 5.91 Å². The smallest absolute Gasteiger partial charge is 0.246 e. The molecule has 0 radical (unpaired) electrons. The van der Waals surface area contributed by atoms with Crippen LogP contribution in [0.5, 0.6) is 0 Å². The number of aryl methyl sites for hydroxylation is 2. The lowest BCUT2D eigenvalue weighted by Crippen LogP contribution is -2.35. The fraction of sp³-hybridized carbons (Fsp3) is 0.571. The summed E-state index contributed by atoms with van der Waals surface area (Å²) >= 11 is 6.12. The van der Waals surface area contributed by atoms with E-state index in [1.165, 1.54) is 12.8 Å². The van der Waals surface area contributed by atoms with Crippen LogP contribution in [-0.4, -0.2) is 33.7 Å². The number of halogens is 1. The van der Waals surface area contributed by atoms with Gasteiger partial charge in [0.2, 0.25) is 5.91 Å². The van der Waals surface area contributed by atoms with Gasteiger partial charge in [-0.25, -0.2) is 0 Å². The molecule has 1 fully saturated rings. The minimum absolute atomic E-state index is 0.0127. The van der Waals surface area contributed by atoms with E-state index in [1.54, 1.807) is 28.8 Å². The number of hydrogen-bond donors (Lipinski definition) is 0. The summed E-state index contributed by atoms with van der Waals surface area (Å²) in [6.07, 6.45) is 5.80. The van der Waals surface area contributed by atoms with E-state index < -0.39 is 0 Å². The molecule has 0 bridgehead atoms. The maximum absolute atomic E-state index is 12.1. The Morgan fingerprint density at radius 2 is 2.21 bits per heavy atom. The van der Waals surface area contributed by atoms with E-state index in [1.807, 2.05) is 14.0 Å². The number of carbonyl (C=O) groups excluding carboxylic acids is 1. The van der Waals surface area contributed by atoms with Gasteiger partial charge in [0.15, 0.2) is 0 Å². The first kappa shape index (κ1) is 14.1. The number of hydrogen-bond acceptors (Lipinski definition) is 2. The Morgan fingerprint density at radius 1 is 1.58 bits per heavy atom. The minimum atomic E-state index is 0.0127. The second-order valence-corrected chi connectivity index (χ2v) is 5.63. The van der Waals surface area contributed by atoms with Gasteiger partial charge in [0.05, 0.1) is 5.69 Å². The van der Waals surface area contributed by atoms with Crippen LogP contribution >= 0.6 is 11.6 Å². The van der Waals surface area contributed by atoms with Crippen LogP contribution in [-0.2, 0) is 11.8 Å². The highest BCUT2D eigenvalue weighted by atomic mass is 35.5. The zero-order valence-corrected chi connectivity index (χ0v) is 12.6. The lowest BCUT2D eigenvalue weighted by atomic mass is 10.2. The Bertz CT molecular complexity index is 517. The van der Waals surface area contributed by atoms with E-state index in [4.69, 9.17) is 11.6 Å². The van der Waals surface area contributed by atoms with Crippen LogP contribution in [0.25, 0.3) is 6.08 Å². The summed E-state index contributed by atoms with van der Waals surface area (Å²) in [7, 11) is 3.64. The molecule has 5 heteroatoms. The number of carbonyl (C=O) groups is 1. The average molecular weight is 282 g/mol. The highest BCUT2D eigenvalue weighted by Crippen LogP contribution is 2.34. The molecule has 1 aliphatic carbocycles. The molecule has 2 rings (SSSR count). The SMILES string of the molecule is Cc1nn(C)c(Cl)c1/C=C/C(=O)N(C)C(C)C1CC1. The second kappa shape index (κ2) is 5.37. The van der Waals surface area contributed by atoms with E-state index in [0.29, 0.717) is 17.1 Å². The highest BCUT2D eigenvalue weighted by Gasteiger charge is 2.31. The van der Waals surface area contributed by atoms with Crippen molar-refractivity contribution in [3.8, 4) is 0 Å². The molecule has 1 aromatic heterocycles. The van der Waals surface area contributed by atoms with Crippen LogP contribution in [0.3, 0.4) is 0 Å². The van der Waals surface area contributed by atoms with Gasteiger partial charge >= 0.3 is 0 Å². The van der Waals surface area contributed by atoms with Gasteiger partial charge in [-0.05, 0) is 38.7 Å². The van der Waals surface area contributed by atoms with Crippen molar-refractivity contribution < 1.29 is 4.79 Å². The molecule has 1 atom stereocenters. The van der Waals surface area contributed by atoms with Gasteiger partial charge in [0, 0.05) is 31.8 Å². The molecular formula is C14H20ClN3O. The zero-order valence-electron chi connectivity index (χ0n) is 11.9. The number of rotatable bonds is 4. The van der Waals surface area contributed by atoms with E-state index in [2.05, 4.69) is 12.0 Å². The Hall–Kier alpha value is -1.29. The lowest BCUT2D eigenvalue weighted by molar-refractivity contribution is -0.126. The van der Waals surface area contributed by atoms with Gasteiger partial charge in [-0.2, -0.15) is 5.10 Å². The molecule has 0 aliphatic heterocycles. The number of amides is 1. The van der Waals surface area contributed by atoms with Crippen molar-refractivity contribution in [1.29, 1.82) is 0 Å². The van der Waals surface area contributed by atoms with Crippen molar-refractivity contribution in [3.63, 3.8) is 0 Å². The topological polar surface area (TPSA) is 38.1 Å². The van der Waals surface area contributed by atoms with Crippen molar-refractivity contribution in [2.75, 3.05) is 7.05 Å². The summed E-state index contributed by atoms with van der Waals surface area (Å²) in [5.41, 5.74) is 1.64. The van der Waals surface area contributed by atoms with Crippen LogP contribution < -0.4 is 0 Å². The summed E-state index contributed by atoms with van der Waals surface area (Å²) in [4.78, 5) is 13.9. The van der Waals surface area contributed by atoms with Crippen molar-refractivity contribution in [2.24, 2.45) is 13.0 Å². The maximum atomic E-state index is 12.1. The summed E-state index contributed by atoms with van der Waals surface area (Å²) in [6.45, 7) is 3.98. The third-order valence-electron chi connectivity index (χ3n) is 3.85.